The van der Waals surface area contributed by atoms with Gasteiger partial charge in [0.2, 0.25) is 5.78 Å². The van der Waals surface area contributed by atoms with Crippen LogP contribution in [0, 0.1) is 0 Å². The lowest BCUT2D eigenvalue weighted by molar-refractivity contribution is -0.130. The third-order valence-corrected chi connectivity index (χ3v) is 5.72. The molecule has 1 aliphatic rings. The Balaban J connectivity index is 1.80. The first-order valence-corrected chi connectivity index (χ1v) is 11.0. The first-order chi connectivity index (χ1) is 16.4. The highest BCUT2D eigenvalue weighted by Crippen LogP contribution is 2.43. The first-order valence-electron chi connectivity index (χ1n) is 11.0. The minimum absolute atomic E-state index is 0.00553. The van der Waals surface area contributed by atoms with Gasteiger partial charge in [0.1, 0.15) is 5.75 Å². The number of aliphatic hydroxyl groups is 1. The molecule has 0 aliphatic carbocycles. The Kier molecular flexibility index (Phi) is 6.61. The number of rotatable bonds is 9. The van der Waals surface area contributed by atoms with Gasteiger partial charge < -0.3 is 28.6 Å². The van der Waals surface area contributed by atoms with Crippen molar-refractivity contribution in [3.8, 4) is 11.5 Å². The van der Waals surface area contributed by atoms with E-state index < -0.39 is 23.5 Å². The van der Waals surface area contributed by atoms with Crippen LogP contribution in [-0.4, -0.2) is 55.2 Å². The fraction of sp³-hybridized carbons (Fsp3) is 0.308. The lowest BCUT2D eigenvalue weighted by Gasteiger charge is -2.28. The molecule has 3 aromatic rings. The van der Waals surface area contributed by atoms with Crippen molar-refractivity contribution in [3.63, 3.8) is 0 Å². The number of amides is 1. The second kappa shape index (κ2) is 9.61. The largest absolute Gasteiger partial charge is 0.503 e. The zero-order chi connectivity index (χ0) is 24.4. The van der Waals surface area contributed by atoms with E-state index in [4.69, 9.17) is 18.6 Å². The predicted molar refractivity (Wildman–Crippen MR) is 125 cm³/mol. The van der Waals surface area contributed by atoms with Crippen LogP contribution in [0.4, 0.5) is 0 Å². The van der Waals surface area contributed by atoms with E-state index in [0.717, 1.165) is 0 Å². The lowest BCUT2D eigenvalue weighted by atomic mass is 9.94. The number of furan rings is 1. The van der Waals surface area contributed by atoms with E-state index in [2.05, 4.69) is 0 Å². The number of carbonyl (C=O) groups excluding carboxylic acids is 2. The number of carbonyl (C=O) groups is 2. The van der Waals surface area contributed by atoms with E-state index in [1.165, 1.54) is 19.1 Å². The molecule has 34 heavy (non-hydrogen) atoms. The molecule has 0 spiro atoms. The molecule has 0 saturated carbocycles. The van der Waals surface area contributed by atoms with E-state index in [0.29, 0.717) is 28.0 Å². The SMILES string of the molecule is COc1ccccc1C1C(C(=O)c2cc3cccc(OC)c3o2)=C(O)C(=O)N1CCOC(C)C. The molecule has 0 bridgehead atoms. The van der Waals surface area contributed by atoms with E-state index in [9.17, 15) is 14.7 Å². The zero-order valence-electron chi connectivity index (χ0n) is 19.5. The molecule has 0 saturated heterocycles. The van der Waals surface area contributed by atoms with Crippen LogP contribution in [0.3, 0.4) is 0 Å². The molecule has 1 aliphatic heterocycles. The highest BCUT2D eigenvalue weighted by molar-refractivity contribution is 6.16. The summed E-state index contributed by atoms with van der Waals surface area (Å²) in [6.07, 6.45) is -0.0318. The molecule has 2 heterocycles. The Hall–Kier alpha value is -3.78. The maximum absolute atomic E-state index is 13.7. The number of Topliss-reactive ketones (excluding diaryl/α,β-unsaturated/α-hetero) is 1. The average Bonchev–Trinajstić information content (AvgIpc) is 3.38. The Morgan fingerprint density at radius 3 is 2.50 bits per heavy atom. The molecule has 0 radical (unpaired) electrons. The van der Waals surface area contributed by atoms with Crippen LogP contribution in [0.15, 0.2) is 64.3 Å². The van der Waals surface area contributed by atoms with E-state index >= 15 is 0 Å². The van der Waals surface area contributed by atoms with Crippen LogP contribution in [0.5, 0.6) is 11.5 Å². The number of hydrogen-bond donors (Lipinski definition) is 1. The third kappa shape index (κ3) is 4.12. The second-order valence-corrected chi connectivity index (χ2v) is 8.14. The van der Waals surface area contributed by atoms with Gasteiger partial charge in [-0.3, -0.25) is 9.59 Å². The van der Waals surface area contributed by atoms with Crippen LogP contribution in [0.25, 0.3) is 11.0 Å². The summed E-state index contributed by atoms with van der Waals surface area (Å²) in [5, 5.41) is 11.5. The molecule has 8 heteroatoms. The fourth-order valence-electron chi connectivity index (χ4n) is 4.16. The number of ketones is 1. The summed E-state index contributed by atoms with van der Waals surface area (Å²) in [7, 11) is 3.02. The van der Waals surface area contributed by atoms with Crippen molar-refractivity contribution in [2.24, 2.45) is 0 Å². The van der Waals surface area contributed by atoms with Crippen molar-refractivity contribution in [2.75, 3.05) is 27.4 Å². The average molecular weight is 466 g/mol. The molecule has 178 valence electrons. The number of fused-ring (bicyclic) bond motifs is 1. The fourth-order valence-corrected chi connectivity index (χ4v) is 4.16. The quantitative estimate of drug-likeness (QED) is 0.466. The van der Waals surface area contributed by atoms with E-state index in [1.54, 1.807) is 48.5 Å². The molecule has 8 nitrogen and oxygen atoms in total. The minimum atomic E-state index is -0.873. The standard InChI is InChI=1S/C26H27NO7/c1-15(2)33-13-12-27-22(17-9-5-6-10-18(17)31-3)21(24(29)26(27)30)23(28)20-14-16-8-7-11-19(32-4)25(16)34-20/h5-11,14-15,22,29H,12-13H2,1-4H3. The molecule has 4 rings (SSSR count). The molecule has 0 fully saturated rings. The zero-order valence-corrected chi connectivity index (χ0v) is 19.5. The number of nitrogens with zero attached hydrogens (tertiary/aromatic N) is 1. The van der Waals surface area contributed by atoms with Crippen molar-refractivity contribution < 1.29 is 33.3 Å². The molecular weight excluding hydrogens is 438 g/mol. The Labute approximate surface area is 197 Å². The van der Waals surface area contributed by atoms with Crippen molar-refractivity contribution in [3.05, 3.63) is 71.2 Å². The number of hydrogen-bond acceptors (Lipinski definition) is 7. The molecule has 2 aromatic carbocycles. The molecule has 1 unspecified atom stereocenters. The van der Waals surface area contributed by atoms with Gasteiger partial charge in [-0.1, -0.05) is 30.3 Å². The first kappa shape index (κ1) is 23.4. The summed E-state index contributed by atoms with van der Waals surface area (Å²) in [6, 6.07) is 13.1. The molecule has 1 amide bonds. The van der Waals surface area contributed by atoms with Crippen molar-refractivity contribution in [1.29, 1.82) is 0 Å². The Morgan fingerprint density at radius 2 is 1.79 bits per heavy atom. The molecule has 1 aromatic heterocycles. The topological polar surface area (TPSA) is 98.4 Å². The highest BCUT2D eigenvalue weighted by Gasteiger charge is 2.45. The molecular formula is C26H27NO7. The van der Waals surface area contributed by atoms with Gasteiger partial charge in [-0.05, 0) is 32.0 Å². The van der Waals surface area contributed by atoms with Gasteiger partial charge in [-0.15, -0.1) is 0 Å². The number of benzene rings is 2. The number of aliphatic hydroxyl groups excluding tert-OH is 1. The highest BCUT2D eigenvalue weighted by atomic mass is 16.5. The van der Waals surface area contributed by atoms with Gasteiger partial charge in [-0.2, -0.15) is 0 Å². The maximum atomic E-state index is 13.7. The summed E-state index contributed by atoms with van der Waals surface area (Å²) in [4.78, 5) is 28.2. The van der Waals surface area contributed by atoms with Crippen LogP contribution >= 0.6 is 0 Å². The summed E-state index contributed by atoms with van der Waals surface area (Å²) in [5.41, 5.74) is 0.912. The van der Waals surface area contributed by atoms with Crippen LogP contribution in [-0.2, 0) is 9.53 Å². The Bertz CT molecular complexity index is 1260. The van der Waals surface area contributed by atoms with Gasteiger partial charge in [0.05, 0.1) is 38.5 Å². The molecule has 1 N–H and O–H groups in total. The number of methoxy groups -OCH3 is 2. The van der Waals surface area contributed by atoms with Crippen LogP contribution in [0.2, 0.25) is 0 Å². The summed E-state index contributed by atoms with van der Waals surface area (Å²) < 4.78 is 22.3. The minimum Gasteiger partial charge on any atom is -0.503 e. The maximum Gasteiger partial charge on any atom is 0.290 e. The number of ether oxygens (including phenoxy) is 3. The van der Waals surface area contributed by atoms with Crippen molar-refractivity contribution in [2.45, 2.75) is 26.0 Å². The predicted octanol–water partition coefficient (Wildman–Crippen LogP) is 4.45. The second-order valence-electron chi connectivity index (χ2n) is 8.14. The smallest absolute Gasteiger partial charge is 0.290 e. The van der Waals surface area contributed by atoms with Gasteiger partial charge in [0, 0.05) is 17.5 Å². The van der Waals surface area contributed by atoms with Crippen LogP contribution in [0.1, 0.15) is 36.0 Å². The van der Waals surface area contributed by atoms with Gasteiger partial charge in [0.25, 0.3) is 5.91 Å². The van der Waals surface area contributed by atoms with Gasteiger partial charge in [-0.25, -0.2) is 0 Å². The van der Waals surface area contributed by atoms with Crippen LogP contribution < -0.4 is 9.47 Å². The molecule has 1 atom stereocenters. The monoisotopic (exact) mass is 465 g/mol. The number of para-hydroxylation sites is 2. The summed E-state index contributed by atoms with van der Waals surface area (Å²) in [6.45, 7) is 4.20. The van der Waals surface area contributed by atoms with Crippen molar-refractivity contribution in [1.82, 2.24) is 4.90 Å². The van der Waals surface area contributed by atoms with Gasteiger partial charge in [0.15, 0.2) is 22.9 Å². The third-order valence-electron chi connectivity index (χ3n) is 5.72. The van der Waals surface area contributed by atoms with Gasteiger partial charge >= 0.3 is 0 Å². The van der Waals surface area contributed by atoms with E-state index in [-0.39, 0.29) is 30.6 Å². The summed E-state index contributed by atoms with van der Waals surface area (Å²) >= 11 is 0. The summed E-state index contributed by atoms with van der Waals surface area (Å²) in [5.74, 6) is -0.896. The van der Waals surface area contributed by atoms with E-state index in [1.807, 2.05) is 13.8 Å². The lowest BCUT2D eigenvalue weighted by Crippen LogP contribution is -2.34. The van der Waals surface area contributed by atoms with Crippen molar-refractivity contribution >= 4 is 22.7 Å². The Morgan fingerprint density at radius 1 is 1.09 bits per heavy atom. The normalized spacial score (nSPS) is 16.1.